The van der Waals surface area contributed by atoms with Gasteiger partial charge in [-0.3, -0.25) is 4.72 Å². The molecule has 0 bridgehead atoms. The predicted octanol–water partition coefficient (Wildman–Crippen LogP) is 0.406. The number of anilines is 1. The van der Waals surface area contributed by atoms with E-state index in [2.05, 4.69) is 19.4 Å². The maximum absolute atomic E-state index is 14.9. The summed E-state index contributed by atoms with van der Waals surface area (Å²) in [5.74, 6) is -0.388. The smallest absolute Gasteiger partial charge is 1.00 e. The molecule has 2 N–H and O–H groups in total. The molecule has 0 amide bonds. The zero-order valence-corrected chi connectivity index (χ0v) is 21.4. The predicted molar refractivity (Wildman–Crippen MR) is 121 cm³/mol. The SMILES string of the molecule is CNS(=O)(=O)Nc1cccc(Cc2c(C)c3ccc(Oc4ncccn4)cc3oc2=O)c1F.[H-].[Na+]. The van der Waals surface area contributed by atoms with Crippen LogP contribution in [0.1, 0.15) is 18.1 Å². The number of aromatic nitrogens is 2. The van der Waals surface area contributed by atoms with Crippen molar-refractivity contribution in [1.82, 2.24) is 14.7 Å². The van der Waals surface area contributed by atoms with Gasteiger partial charge in [0.2, 0.25) is 0 Å². The molecule has 0 aliphatic heterocycles. The Kier molecular flexibility index (Phi) is 8.05. The first-order valence-corrected chi connectivity index (χ1v) is 11.3. The molecule has 0 aliphatic rings. The Bertz CT molecular complexity index is 1500. The summed E-state index contributed by atoms with van der Waals surface area (Å²) in [5.41, 5.74) is 0.454. The molecule has 0 aliphatic carbocycles. The topological polar surface area (TPSA) is 123 Å². The molecule has 0 saturated carbocycles. The van der Waals surface area contributed by atoms with E-state index in [0.29, 0.717) is 22.3 Å². The summed E-state index contributed by atoms with van der Waals surface area (Å²) in [4.78, 5) is 20.7. The molecule has 172 valence electrons. The Labute approximate surface area is 218 Å². The van der Waals surface area contributed by atoms with Crippen molar-refractivity contribution in [2.45, 2.75) is 13.3 Å². The van der Waals surface area contributed by atoms with Crippen LogP contribution in [0.3, 0.4) is 0 Å². The van der Waals surface area contributed by atoms with Crippen LogP contribution >= 0.6 is 0 Å². The number of hydrogen-bond acceptors (Lipinski definition) is 7. The average Bonchev–Trinajstić information content (AvgIpc) is 2.79. The van der Waals surface area contributed by atoms with Crippen LogP contribution in [-0.4, -0.2) is 25.4 Å². The third-order valence-corrected chi connectivity index (χ3v) is 6.00. The Morgan fingerprint density at radius 2 is 1.88 bits per heavy atom. The fourth-order valence-corrected chi connectivity index (χ4v) is 3.82. The number of halogens is 1. The molecule has 4 rings (SSSR count). The van der Waals surface area contributed by atoms with E-state index in [1.54, 1.807) is 31.2 Å². The van der Waals surface area contributed by atoms with Gasteiger partial charge in [0.05, 0.1) is 5.69 Å². The standard InChI is InChI=1S/C22H19FN4O5S.Na.H/c1-13-16-8-7-15(31-22-25-9-4-10-26-22)12-19(16)32-21(28)17(13)11-14-5-3-6-18(20(14)23)27-33(29,30)24-2;;/h3-10,12,24,27H,11H2,1-2H3;;/q;+1;-1. The van der Waals surface area contributed by atoms with Crippen LogP contribution in [0.25, 0.3) is 11.0 Å². The first kappa shape index (κ1) is 25.8. The molecule has 0 spiro atoms. The normalized spacial score (nSPS) is 11.1. The molecule has 12 heteroatoms. The van der Waals surface area contributed by atoms with Crippen LogP contribution in [0.2, 0.25) is 0 Å². The summed E-state index contributed by atoms with van der Waals surface area (Å²) in [6.07, 6.45) is 3.00. The largest absolute Gasteiger partial charge is 1.00 e. The van der Waals surface area contributed by atoms with Crippen LogP contribution in [0.5, 0.6) is 11.8 Å². The molecule has 2 aromatic heterocycles. The number of nitrogens with zero attached hydrogens (tertiary/aromatic N) is 2. The number of fused-ring (bicyclic) bond motifs is 1. The summed E-state index contributed by atoms with van der Waals surface area (Å²) >= 11 is 0. The van der Waals surface area contributed by atoms with E-state index in [1.807, 2.05) is 0 Å². The third-order valence-electron chi connectivity index (χ3n) is 4.97. The van der Waals surface area contributed by atoms with Crippen molar-refractivity contribution < 1.29 is 52.9 Å². The zero-order valence-electron chi connectivity index (χ0n) is 19.6. The van der Waals surface area contributed by atoms with E-state index in [-0.39, 0.29) is 60.2 Å². The third kappa shape index (κ3) is 5.62. The second kappa shape index (κ2) is 10.6. The number of nitrogens with one attached hydrogen (secondary N) is 2. The molecule has 34 heavy (non-hydrogen) atoms. The minimum Gasteiger partial charge on any atom is -1.00 e. The fraction of sp³-hybridized carbons (Fsp3) is 0.136. The van der Waals surface area contributed by atoms with E-state index < -0.39 is 21.7 Å². The number of ether oxygens (including phenoxy) is 1. The van der Waals surface area contributed by atoms with Crippen molar-refractivity contribution in [3.05, 3.63) is 87.8 Å². The molecule has 9 nitrogen and oxygen atoms in total. The Hall–Kier alpha value is -2.83. The van der Waals surface area contributed by atoms with Gasteiger partial charge in [0, 0.05) is 42.9 Å². The number of aryl methyl sites for hydroxylation is 1. The monoisotopic (exact) mass is 494 g/mol. The Morgan fingerprint density at radius 3 is 2.59 bits per heavy atom. The van der Waals surface area contributed by atoms with Crippen LogP contribution in [-0.2, 0) is 16.6 Å². The summed E-state index contributed by atoms with van der Waals surface area (Å²) in [6.45, 7) is 1.74. The molecule has 0 radical (unpaired) electrons. The van der Waals surface area contributed by atoms with E-state index in [0.717, 1.165) is 0 Å². The molecule has 2 heterocycles. The summed E-state index contributed by atoms with van der Waals surface area (Å²) in [6, 6.07) is 11.0. The van der Waals surface area contributed by atoms with Crippen molar-refractivity contribution in [2.24, 2.45) is 0 Å². The van der Waals surface area contributed by atoms with Gasteiger partial charge in [-0.2, -0.15) is 8.42 Å². The quantitative estimate of drug-likeness (QED) is 0.282. The van der Waals surface area contributed by atoms with Crippen molar-refractivity contribution >= 4 is 26.9 Å². The molecule has 0 saturated heterocycles. The van der Waals surface area contributed by atoms with Crippen LogP contribution in [0.15, 0.2) is 64.1 Å². The van der Waals surface area contributed by atoms with E-state index in [1.165, 1.54) is 37.6 Å². The van der Waals surface area contributed by atoms with Gasteiger partial charge < -0.3 is 10.6 Å². The summed E-state index contributed by atoms with van der Waals surface area (Å²) in [5, 5.41) is 0.651. The van der Waals surface area contributed by atoms with E-state index in [9.17, 15) is 17.6 Å². The Balaban J connectivity index is 0.00000216. The summed E-state index contributed by atoms with van der Waals surface area (Å²) in [7, 11) is -2.69. The van der Waals surface area contributed by atoms with Gasteiger partial charge in [-0.1, -0.05) is 12.1 Å². The van der Waals surface area contributed by atoms with Gasteiger partial charge in [0.15, 0.2) is 5.82 Å². The van der Waals surface area contributed by atoms with Gasteiger partial charge in [0.25, 0.3) is 10.2 Å². The minimum absolute atomic E-state index is 0. The molecule has 0 unspecified atom stereocenters. The second-order valence-electron chi connectivity index (χ2n) is 7.05. The first-order chi connectivity index (χ1) is 15.8. The van der Waals surface area contributed by atoms with E-state index in [4.69, 9.17) is 9.15 Å². The molecule has 0 atom stereocenters. The maximum atomic E-state index is 14.9. The number of hydrogen-bond donors (Lipinski definition) is 2. The average molecular weight is 494 g/mol. The van der Waals surface area contributed by atoms with Gasteiger partial charge in [0.1, 0.15) is 11.3 Å². The minimum atomic E-state index is -3.90. The zero-order chi connectivity index (χ0) is 23.6. The van der Waals surface area contributed by atoms with Gasteiger partial charge in [-0.15, -0.1) is 0 Å². The van der Waals surface area contributed by atoms with Gasteiger partial charge in [-0.25, -0.2) is 23.9 Å². The molecule has 4 aromatic rings. The second-order valence-corrected chi connectivity index (χ2v) is 8.67. The van der Waals surface area contributed by atoms with Crippen molar-refractivity contribution in [3.63, 3.8) is 0 Å². The first-order valence-electron chi connectivity index (χ1n) is 9.77. The number of benzene rings is 2. The van der Waals surface area contributed by atoms with Crippen molar-refractivity contribution in [2.75, 3.05) is 11.8 Å². The maximum Gasteiger partial charge on any atom is 1.00 e. The van der Waals surface area contributed by atoms with Crippen molar-refractivity contribution in [3.8, 4) is 11.8 Å². The molecule has 2 aromatic carbocycles. The van der Waals surface area contributed by atoms with Crippen LogP contribution < -0.4 is 49.4 Å². The number of rotatable bonds is 7. The van der Waals surface area contributed by atoms with Crippen molar-refractivity contribution in [1.29, 1.82) is 0 Å². The molecular formula is C22H20FN4NaO5S. The Morgan fingerprint density at radius 1 is 1.15 bits per heavy atom. The van der Waals surface area contributed by atoms with Gasteiger partial charge >= 0.3 is 41.2 Å². The molecule has 0 fully saturated rings. The van der Waals surface area contributed by atoms with E-state index >= 15 is 0 Å². The molecular weight excluding hydrogens is 474 g/mol. The summed E-state index contributed by atoms with van der Waals surface area (Å²) < 4.78 is 53.6. The van der Waals surface area contributed by atoms with Crippen LogP contribution in [0, 0.1) is 12.7 Å². The fourth-order valence-electron chi connectivity index (χ4n) is 3.27. The van der Waals surface area contributed by atoms with Crippen LogP contribution in [0.4, 0.5) is 10.1 Å². The van der Waals surface area contributed by atoms with Gasteiger partial charge in [-0.05, 0) is 42.3 Å².